The van der Waals surface area contributed by atoms with Crippen molar-refractivity contribution in [3.8, 4) is 0 Å². The van der Waals surface area contributed by atoms with Gasteiger partial charge >= 0.3 is 0 Å². The van der Waals surface area contributed by atoms with Gasteiger partial charge in [-0.1, -0.05) is 24.3 Å². The van der Waals surface area contributed by atoms with E-state index in [1.54, 1.807) is 6.33 Å². The Balaban J connectivity index is 1.41. The largest absolute Gasteiger partial charge is 0.342 e. The second kappa shape index (κ2) is 7.25. The van der Waals surface area contributed by atoms with Crippen LogP contribution in [0.2, 0.25) is 0 Å². The number of hydrogen-bond acceptors (Lipinski definition) is 3. The van der Waals surface area contributed by atoms with Crippen LogP contribution < -0.4 is 0 Å². The van der Waals surface area contributed by atoms with Crippen molar-refractivity contribution in [2.45, 2.75) is 38.5 Å². The van der Waals surface area contributed by atoms with Gasteiger partial charge < -0.3 is 14.4 Å². The van der Waals surface area contributed by atoms with E-state index in [1.807, 2.05) is 53.9 Å². The molecule has 6 nitrogen and oxygen atoms in total. The first-order chi connectivity index (χ1) is 14.5. The third kappa shape index (κ3) is 3.32. The fraction of sp³-hybridized carbons (Fsp3) is 0.542. The van der Waals surface area contributed by atoms with Crippen LogP contribution in [0.3, 0.4) is 0 Å². The molecule has 3 heterocycles. The smallest absolute Gasteiger partial charge is 0.231 e. The standard InChI is InChI=1S/C24H30N4O2/c1-17-5-3-4-6-19(17)11-22(29)28-13-20(21-14-26(2)16-25-21)24(15-28)9-10-27(23(24)30)12-18-7-8-18/h3-6,14,16,18,20H,7-13,15H2,1-2H3/t20-,24-/m0/s1. The molecule has 6 heteroatoms. The number of aryl methyl sites for hydroxylation is 2. The molecule has 1 aliphatic carbocycles. The van der Waals surface area contributed by atoms with Gasteiger partial charge in [-0.25, -0.2) is 4.98 Å². The van der Waals surface area contributed by atoms with Crippen LogP contribution in [0.25, 0.3) is 0 Å². The number of benzene rings is 1. The number of hydrogen-bond donors (Lipinski definition) is 0. The minimum Gasteiger partial charge on any atom is -0.342 e. The van der Waals surface area contributed by atoms with E-state index in [0.29, 0.717) is 25.4 Å². The van der Waals surface area contributed by atoms with Gasteiger partial charge in [0.05, 0.1) is 23.9 Å². The quantitative estimate of drug-likeness (QED) is 0.767. The van der Waals surface area contributed by atoms with Crippen molar-refractivity contribution in [3.63, 3.8) is 0 Å². The van der Waals surface area contributed by atoms with E-state index in [1.165, 1.54) is 12.8 Å². The van der Waals surface area contributed by atoms with Crippen molar-refractivity contribution in [1.82, 2.24) is 19.4 Å². The summed E-state index contributed by atoms with van der Waals surface area (Å²) in [6.45, 7) is 4.82. The van der Waals surface area contributed by atoms with Crippen molar-refractivity contribution in [2.75, 3.05) is 26.2 Å². The number of imidazole rings is 1. The van der Waals surface area contributed by atoms with Gasteiger partial charge in [0.15, 0.2) is 0 Å². The molecule has 1 saturated carbocycles. The average Bonchev–Trinajstić information content (AvgIpc) is 3.18. The molecule has 1 aromatic heterocycles. The molecule has 0 radical (unpaired) electrons. The first-order valence-corrected chi connectivity index (χ1v) is 11.1. The molecule has 1 spiro atoms. The molecule has 30 heavy (non-hydrogen) atoms. The summed E-state index contributed by atoms with van der Waals surface area (Å²) >= 11 is 0. The van der Waals surface area contributed by atoms with Crippen LogP contribution in [0, 0.1) is 18.3 Å². The molecule has 0 unspecified atom stereocenters. The van der Waals surface area contributed by atoms with Crippen LogP contribution >= 0.6 is 0 Å². The first-order valence-electron chi connectivity index (χ1n) is 11.1. The van der Waals surface area contributed by atoms with Crippen molar-refractivity contribution >= 4 is 11.8 Å². The highest BCUT2D eigenvalue weighted by molar-refractivity contribution is 5.89. The van der Waals surface area contributed by atoms with E-state index in [2.05, 4.69) is 9.88 Å². The Hall–Kier alpha value is -2.63. The third-order valence-corrected chi connectivity index (χ3v) is 7.30. The van der Waals surface area contributed by atoms with Crippen LogP contribution in [-0.4, -0.2) is 57.3 Å². The Morgan fingerprint density at radius 1 is 1.27 bits per heavy atom. The molecule has 2 aliphatic heterocycles. The second-order valence-electron chi connectivity index (χ2n) is 9.49. The lowest BCUT2D eigenvalue weighted by Gasteiger charge is -2.27. The monoisotopic (exact) mass is 406 g/mol. The number of rotatable bonds is 5. The third-order valence-electron chi connectivity index (χ3n) is 7.30. The lowest BCUT2D eigenvalue weighted by Crippen LogP contribution is -2.41. The first kappa shape index (κ1) is 19.3. The number of likely N-dealkylation sites (tertiary alicyclic amines) is 2. The molecule has 2 saturated heterocycles. The molecule has 0 N–H and O–H groups in total. The molecule has 158 valence electrons. The van der Waals surface area contributed by atoms with Gasteiger partial charge in [-0.05, 0) is 43.2 Å². The summed E-state index contributed by atoms with van der Waals surface area (Å²) < 4.78 is 1.93. The minimum atomic E-state index is -0.523. The minimum absolute atomic E-state index is 0.0313. The van der Waals surface area contributed by atoms with Gasteiger partial charge in [0.2, 0.25) is 11.8 Å². The van der Waals surface area contributed by atoms with Gasteiger partial charge in [-0.15, -0.1) is 0 Å². The van der Waals surface area contributed by atoms with E-state index in [4.69, 9.17) is 0 Å². The van der Waals surface area contributed by atoms with Crippen molar-refractivity contribution < 1.29 is 9.59 Å². The molecule has 2 aromatic rings. The van der Waals surface area contributed by atoms with Gasteiger partial charge in [0.25, 0.3) is 0 Å². The van der Waals surface area contributed by atoms with E-state index >= 15 is 0 Å². The molecular formula is C24H30N4O2. The van der Waals surface area contributed by atoms with Crippen LogP contribution in [0.1, 0.15) is 42.0 Å². The maximum atomic E-state index is 13.6. The van der Waals surface area contributed by atoms with E-state index in [0.717, 1.165) is 36.3 Å². The van der Waals surface area contributed by atoms with Gasteiger partial charge in [-0.3, -0.25) is 9.59 Å². The predicted molar refractivity (Wildman–Crippen MR) is 114 cm³/mol. The molecule has 0 bridgehead atoms. The van der Waals surface area contributed by atoms with Crippen LogP contribution in [0.15, 0.2) is 36.8 Å². The molecule has 1 aromatic carbocycles. The molecular weight excluding hydrogens is 376 g/mol. The Morgan fingerprint density at radius 3 is 2.77 bits per heavy atom. The number of carbonyl (C=O) groups excluding carboxylic acids is 2. The molecule has 3 fully saturated rings. The summed E-state index contributed by atoms with van der Waals surface area (Å²) in [7, 11) is 1.95. The van der Waals surface area contributed by atoms with Crippen molar-refractivity contribution in [3.05, 3.63) is 53.6 Å². The Bertz CT molecular complexity index is 979. The number of nitrogens with zero attached hydrogens (tertiary/aromatic N) is 4. The van der Waals surface area contributed by atoms with Crippen molar-refractivity contribution in [1.29, 1.82) is 0 Å². The SMILES string of the molecule is Cc1ccccc1CC(=O)N1C[C@@H](c2cn(C)cn2)[C@]2(CCN(CC3CC3)C2=O)C1. The summed E-state index contributed by atoms with van der Waals surface area (Å²) in [5.41, 5.74) is 2.61. The molecule has 3 aliphatic rings. The zero-order valence-electron chi connectivity index (χ0n) is 17.9. The summed E-state index contributed by atoms with van der Waals surface area (Å²) in [5, 5.41) is 0. The van der Waals surface area contributed by atoms with Crippen LogP contribution in [0.4, 0.5) is 0 Å². The van der Waals surface area contributed by atoms with E-state index in [-0.39, 0.29) is 17.7 Å². The van der Waals surface area contributed by atoms with Gasteiger partial charge in [0, 0.05) is 45.3 Å². The van der Waals surface area contributed by atoms with E-state index in [9.17, 15) is 9.59 Å². The fourth-order valence-corrected chi connectivity index (χ4v) is 5.29. The van der Waals surface area contributed by atoms with Gasteiger partial charge in [-0.2, -0.15) is 0 Å². The van der Waals surface area contributed by atoms with E-state index < -0.39 is 5.41 Å². The Morgan fingerprint density at radius 2 is 2.07 bits per heavy atom. The average molecular weight is 407 g/mol. The lowest BCUT2D eigenvalue weighted by atomic mass is 9.75. The zero-order chi connectivity index (χ0) is 20.9. The second-order valence-corrected chi connectivity index (χ2v) is 9.49. The maximum absolute atomic E-state index is 13.6. The maximum Gasteiger partial charge on any atom is 0.231 e. The normalized spacial score (nSPS) is 26.2. The van der Waals surface area contributed by atoms with Gasteiger partial charge in [0.1, 0.15) is 0 Å². The topological polar surface area (TPSA) is 58.4 Å². The predicted octanol–water partition coefficient (Wildman–Crippen LogP) is 2.53. The Kier molecular flexibility index (Phi) is 4.68. The molecule has 2 atom stereocenters. The summed E-state index contributed by atoms with van der Waals surface area (Å²) in [5.74, 6) is 0.987. The highest BCUT2D eigenvalue weighted by Gasteiger charge is 2.58. The van der Waals surface area contributed by atoms with Crippen LogP contribution in [-0.2, 0) is 23.1 Å². The lowest BCUT2D eigenvalue weighted by molar-refractivity contribution is -0.137. The highest BCUT2D eigenvalue weighted by atomic mass is 16.2. The molecule has 5 rings (SSSR count). The Labute approximate surface area is 177 Å². The summed E-state index contributed by atoms with van der Waals surface area (Å²) in [6.07, 6.45) is 7.48. The summed E-state index contributed by atoms with van der Waals surface area (Å²) in [6, 6.07) is 8.04. The molecule has 2 amide bonds. The van der Waals surface area contributed by atoms with Crippen molar-refractivity contribution in [2.24, 2.45) is 18.4 Å². The zero-order valence-corrected chi connectivity index (χ0v) is 17.9. The number of amides is 2. The number of carbonyl (C=O) groups is 2. The highest BCUT2D eigenvalue weighted by Crippen LogP contribution is 2.50. The number of aromatic nitrogens is 2. The van der Waals surface area contributed by atoms with Crippen LogP contribution in [0.5, 0.6) is 0 Å². The summed E-state index contributed by atoms with van der Waals surface area (Å²) in [4.78, 5) is 35.4. The fourth-order valence-electron chi connectivity index (χ4n) is 5.29.